The molecule has 1 N–H and O–H groups in total. The lowest BCUT2D eigenvalue weighted by molar-refractivity contribution is 0.0696. The van der Waals surface area contributed by atoms with Crippen LogP contribution >= 0.6 is 11.6 Å². The van der Waals surface area contributed by atoms with E-state index in [0.29, 0.717) is 10.6 Å². The number of hydrogen-bond donors (Lipinski definition) is 1. The second-order valence-electron chi connectivity index (χ2n) is 5.40. The minimum absolute atomic E-state index is 0.0430. The number of carboxylic acid groups (broad SMARTS) is 1. The van der Waals surface area contributed by atoms with Crippen LogP contribution in [0.15, 0.2) is 24.4 Å². The molecule has 0 amide bonds. The molecule has 0 aliphatic heterocycles. The maximum absolute atomic E-state index is 12.4. The Hall–Kier alpha value is -1.90. The molecule has 0 atom stereocenters. The fourth-order valence-electron chi connectivity index (χ4n) is 2.22. The van der Waals surface area contributed by atoms with Gasteiger partial charge >= 0.3 is 16.2 Å². The van der Waals surface area contributed by atoms with Crippen molar-refractivity contribution in [2.24, 2.45) is 0 Å². The Balaban J connectivity index is 2.61. The molecule has 7 nitrogen and oxygen atoms in total. The van der Waals surface area contributed by atoms with E-state index in [0.717, 1.165) is 26.6 Å². The third-order valence-corrected chi connectivity index (χ3v) is 5.66. The van der Waals surface area contributed by atoms with Crippen LogP contribution in [0.2, 0.25) is 5.02 Å². The van der Waals surface area contributed by atoms with E-state index in [1.54, 1.807) is 6.07 Å². The molecule has 0 aliphatic carbocycles. The molecule has 0 saturated heterocycles. The van der Waals surface area contributed by atoms with Gasteiger partial charge in [-0.2, -0.15) is 17.8 Å². The molecule has 0 aliphatic rings. The van der Waals surface area contributed by atoms with Crippen molar-refractivity contribution in [2.45, 2.75) is 19.8 Å². The summed E-state index contributed by atoms with van der Waals surface area (Å²) >= 11 is 6.19. The van der Waals surface area contributed by atoms with Gasteiger partial charge in [0.25, 0.3) is 0 Å². The van der Waals surface area contributed by atoms with Crippen molar-refractivity contribution < 1.29 is 18.3 Å². The lowest BCUT2D eigenvalue weighted by atomic mass is 10.0. The number of aryl methyl sites for hydroxylation is 1. The molecule has 2 rings (SSSR count). The third kappa shape index (κ3) is 3.45. The molecule has 0 saturated carbocycles. The van der Waals surface area contributed by atoms with Gasteiger partial charge < -0.3 is 5.11 Å². The summed E-state index contributed by atoms with van der Waals surface area (Å²) in [6, 6.07) is 5.43. The van der Waals surface area contributed by atoms with Crippen LogP contribution < -0.4 is 0 Å². The normalized spacial score (nSPS) is 11.9. The molecule has 0 unspecified atom stereocenters. The summed E-state index contributed by atoms with van der Waals surface area (Å²) < 4.78 is 26.5. The van der Waals surface area contributed by atoms with E-state index in [-0.39, 0.29) is 17.7 Å². The molecule has 1 aromatic carbocycles. The van der Waals surface area contributed by atoms with Gasteiger partial charge in [-0.05, 0) is 23.6 Å². The highest BCUT2D eigenvalue weighted by molar-refractivity contribution is 7.87. The number of hydrogen-bond acceptors (Lipinski definition) is 4. The third-order valence-electron chi connectivity index (χ3n) is 3.62. The molecule has 0 fully saturated rings. The predicted octanol–water partition coefficient (Wildman–Crippen LogP) is 2.04. The zero-order chi connectivity index (χ0) is 18.1. The quantitative estimate of drug-likeness (QED) is 0.838. The van der Waals surface area contributed by atoms with Gasteiger partial charge in [-0.25, -0.2) is 4.79 Å². The Bertz CT molecular complexity index is 875. The first kappa shape index (κ1) is 18.4. The first-order valence-corrected chi connectivity index (χ1v) is 8.96. The molecule has 0 spiro atoms. The average molecular weight is 372 g/mol. The Morgan fingerprint density at radius 2 is 2.04 bits per heavy atom. The number of carboxylic acids is 1. The lowest BCUT2D eigenvalue weighted by Gasteiger charge is -2.15. The van der Waals surface area contributed by atoms with Crippen LogP contribution in [0.25, 0.3) is 0 Å². The Morgan fingerprint density at radius 3 is 2.58 bits per heavy atom. The van der Waals surface area contributed by atoms with E-state index in [1.165, 1.54) is 14.1 Å². The predicted molar refractivity (Wildman–Crippen MR) is 90.8 cm³/mol. The van der Waals surface area contributed by atoms with Gasteiger partial charge in [-0.15, -0.1) is 4.09 Å². The summed E-state index contributed by atoms with van der Waals surface area (Å²) in [6.45, 7) is 1.98. The van der Waals surface area contributed by atoms with Gasteiger partial charge in [-0.1, -0.05) is 30.7 Å². The van der Waals surface area contributed by atoms with E-state index in [4.69, 9.17) is 11.6 Å². The number of aromatic carboxylic acids is 1. The van der Waals surface area contributed by atoms with Crippen LogP contribution in [0.3, 0.4) is 0 Å². The monoisotopic (exact) mass is 371 g/mol. The molecule has 1 heterocycles. The standard InChI is InChI=1S/C15H18ClN3O4S/c1-4-10-5-6-13(16)11(7-10)8-14-12(15(20)21)9-17-19(14)24(22,23)18(2)3/h5-7,9H,4,8H2,1-3H3,(H,20,21). The lowest BCUT2D eigenvalue weighted by Crippen LogP contribution is -2.31. The number of halogens is 1. The highest BCUT2D eigenvalue weighted by atomic mass is 35.5. The average Bonchev–Trinajstić information content (AvgIpc) is 2.93. The van der Waals surface area contributed by atoms with E-state index in [9.17, 15) is 18.3 Å². The molecular weight excluding hydrogens is 354 g/mol. The minimum atomic E-state index is -3.94. The molecule has 9 heteroatoms. The zero-order valence-electron chi connectivity index (χ0n) is 13.5. The largest absolute Gasteiger partial charge is 0.478 e. The summed E-state index contributed by atoms with van der Waals surface area (Å²) in [6.07, 6.45) is 1.86. The van der Waals surface area contributed by atoms with Gasteiger partial charge in [0.05, 0.1) is 11.9 Å². The zero-order valence-corrected chi connectivity index (χ0v) is 15.1. The summed E-state index contributed by atoms with van der Waals surface area (Å²) in [5, 5.41) is 13.5. The Morgan fingerprint density at radius 1 is 1.38 bits per heavy atom. The maximum Gasteiger partial charge on any atom is 0.339 e. The van der Waals surface area contributed by atoms with Gasteiger partial charge in [0.2, 0.25) is 0 Å². The van der Waals surface area contributed by atoms with E-state index in [1.807, 2.05) is 19.1 Å². The van der Waals surface area contributed by atoms with Crippen LogP contribution in [-0.4, -0.2) is 47.1 Å². The van der Waals surface area contributed by atoms with Crippen molar-refractivity contribution in [3.8, 4) is 0 Å². The Kier molecular flexibility index (Phi) is 5.32. The molecule has 0 radical (unpaired) electrons. The molecular formula is C15H18ClN3O4S. The fraction of sp³-hybridized carbons (Fsp3) is 0.333. The van der Waals surface area contributed by atoms with Crippen molar-refractivity contribution in [3.63, 3.8) is 0 Å². The van der Waals surface area contributed by atoms with Gasteiger partial charge in [0.15, 0.2) is 0 Å². The van der Waals surface area contributed by atoms with Crippen LogP contribution in [0.4, 0.5) is 0 Å². The van der Waals surface area contributed by atoms with E-state index in [2.05, 4.69) is 5.10 Å². The van der Waals surface area contributed by atoms with Crippen molar-refractivity contribution in [1.82, 2.24) is 13.5 Å². The summed E-state index contributed by atoms with van der Waals surface area (Å²) in [5.41, 5.74) is 1.56. The fourth-order valence-corrected chi connectivity index (χ4v) is 3.32. The van der Waals surface area contributed by atoms with Crippen LogP contribution in [0, 0.1) is 0 Å². The van der Waals surface area contributed by atoms with Crippen molar-refractivity contribution >= 4 is 27.8 Å². The summed E-state index contributed by atoms with van der Waals surface area (Å²) in [4.78, 5) is 11.4. The van der Waals surface area contributed by atoms with E-state index >= 15 is 0 Å². The number of nitrogens with zero attached hydrogens (tertiary/aromatic N) is 3. The van der Waals surface area contributed by atoms with E-state index < -0.39 is 16.2 Å². The molecule has 24 heavy (non-hydrogen) atoms. The maximum atomic E-state index is 12.4. The summed E-state index contributed by atoms with van der Waals surface area (Å²) in [5.74, 6) is -1.24. The molecule has 2 aromatic rings. The van der Waals surface area contributed by atoms with Crippen molar-refractivity contribution in [1.29, 1.82) is 0 Å². The van der Waals surface area contributed by atoms with Crippen molar-refractivity contribution in [2.75, 3.05) is 14.1 Å². The second-order valence-corrected chi connectivity index (χ2v) is 7.78. The Labute approximate surface area is 145 Å². The van der Waals surface area contributed by atoms with Crippen molar-refractivity contribution in [3.05, 3.63) is 51.8 Å². The van der Waals surface area contributed by atoms with Crippen LogP contribution in [-0.2, 0) is 23.1 Å². The first-order valence-electron chi connectivity index (χ1n) is 7.19. The topological polar surface area (TPSA) is 92.5 Å². The number of aromatic nitrogens is 2. The highest BCUT2D eigenvalue weighted by Gasteiger charge is 2.26. The summed E-state index contributed by atoms with van der Waals surface area (Å²) in [7, 11) is -1.23. The van der Waals surface area contributed by atoms with Gasteiger partial charge in [-0.3, -0.25) is 0 Å². The number of benzene rings is 1. The highest BCUT2D eigenvalue weighted by Crippen LogP contribution is 2.24. The SMILES string of the molecule is CCc1ccc(Cl)c(Cc2c(C(=O)O)cnn2S(=O)(=O)N(C)C)c1. The number of rotatable bonds is 6. The molecule has 1 aromatic heterocycles. The van der Waals surface area contributed by atoms with Gasteiger partial charge in [0.1, 0.15) is 5.56 Å². The second kappa shape index (κ2) is 6.92. The van der Waals surface area contributed by atoms with Crippen LogP contribution in [0.1, 0.15) is 34.1 Å². The molecule has 130 valence electrons. The smallest absolute Gasteiger partial charge is 0.339 e. The van der Waals surface area contributed by atoms with Crippen LogP contribution in [0.5, 0.6) is 0 Å². The molecule has 0 bridgehead atoms. The number of carbonyl (C=O) groups is 1. The first-order chi connectivity index (χ1) is 11.2. The minimum Gasteiger partial charge on any atom is -0.478 e. The van der Waals surface area contributed by atoms with Gasteiger partial charge in [0, 0.05) is 25.5 Å².